The first-order valence-corrected chi connectivity index (χ1v) is 6.52. The fourth-order valence-electron chi connectivity index (χ4n) is 2.04. The van der Waals surface area contributed by atoms with Crippen molar-refractivity contribution in [3.05, 3.63) is 53.2 Å². The number of carbonyl (C=O) groups is 1. The number of fused-ring (bicyclic) bond motifs is 1. The molecule has 0 radical (unpaired) electrons. The number of hydrogen-bond acceptors (Lipinski definition) is 5. The summed E-state index contributed by atoms with van der Waals surface area (Å²) < 4.78 is 7.49. The van der Waals surface area contributed by atoms with Crippen LogP contribution in [-0.4, -0.2) is 32.2 Å². The predicted molar refractivity (Wildman–Crippen MR) is 78.9 cm³/mol. The van der Waals surface area contributed by atoms with E-state index in [2.05, 4.69) is 15.4 Å². The SMILES string of the molecule is COc1ccccc1NC(=O)Cn1nc2ncccn2c1=O. The quantitative estimate of drug-likeness (QED) is 0.759. The van der Waals surface area contributed by atoms with E-state index >= 15 is 0 Å². The van der Waals surface area contributed by atoms with E-state index in [1.165, 1.54) is 17.7 Å². The molecule has 0 aliphatic carbocycles. The third kappa shape index (κ3) is 2.53. The summed E-state index contributed by atoms with van der Waals surface area (Å²) in [5, 5.41) is 6.69. The number of benzene rings is 1. The molecule has 0 saturated heterocycles. The second-order valence-electron chi connectivity index (χ2n) is 4.48. The molecule has 1 aromatic carbocycles. The highest BCUT2D eigenvalue weighted by Gasteiger charge is 2.12. The van der Waals surface area contributed by atoms with Crippen LogP contribution in [0.2, 0.25) is 0 Å². The molecule has 0 saturated carbocycles. The molecule has 2 aromatic heterocycles. The minimum absolute atomic E-state index is 0.208. The van der Waals surface area contributed by atoms with Crippen molar-refractivity contribution in [2.75, 3.05) is 12.4 Å². The van der Waals surface area contributed by atoms with Gasteiger partial charge in [-0.15, -0.1) is 5.10 Å². The van der Waals surface area contributed by atoms with Gasteiger partial charge in [-0.2, -0.15) is 0 Å². The Hall–Kier alpha value is -3.16. The average Bonchev–Trinajstić information content (AvgIpc) is 2.84. The number of aromatic nitrogens is 4. The Morgan fingerprint density at radius 3 is 2.91 bits per heavy atom. The van der Waals surface area contributed by atoms with Gasteiger partial charge in [0, 0.05) is 12.4 Å². The van der Waals surface area contributed by atoms with Crippen LogP contribution in [0, 0.1) is 0 Å². The van der Waals surface area contributed by atoms with Gasteiger partial charge < -0.3 is 10.1 Å². The average molecular weight is 299 g/mol. The molecule has 3 rings (SSSR count). The summed E-state index contributed by atoms with van der Waals surface area (Å²) >= 11 is 0. The minimum Gasteiger partial charge on any atom is -0.495 e. The molecule has 22 heavy (non-hydrogen) atoms. The van der Waals surface area contributed by atoms with Gasteiger partial charge >= 0.3 is 5.69 Å². The van der Waals surface area contributed by atoms with Gasteiger partial charge in [-0.05, 0) is 18.2 Å². The summed E-state index contributed by atoms with van der Waals surface area (Å²) in [5.74, 6) is 0.410. The van der Waals surface area contributed by atoms with Crippen LogP contribution in [-0.2, 0) is 11.3 Å². The number of amides is 1. The van der Waals surface area contributed by atoms with Gasteiger partial charge in [0.25, 0.3) is 5.78 Å². The summed E-state index contributed by atoms with van der Waals surface area (Å²) in [4.78, 5) is 28.1. The monoisotopic (exact) mass is 299 g/mol. The lowest BCUT2D eigenvalue weighted by Crippen LogP contribution is -2.28. The fraction of sp³-hybridized carbons (Fsp3) is 0.143. The molecule has 0 spiro atoms. The van der Waals surface area contributed by atoms with Crippen LogP contribution in [0.1, 0.15) is 0 Å². The summed E-state index contributed by atoms with van der Waals surface area (Å²) in [7, 11) is 1.52. The lowest BCUT2D eigenvalue weighted by atomic mass is 10.3. The molecule has 0 aliphatic rings. The number of rotatable bonds is 4. The number of methoxy groups -OCH3 is 1. The maximum atomic E-state index is 12.1. The Balaban J connectivity index is 1.81. The first kappa shape index (κ1) is 13.8. The molecule has 8 heteroatoms. The molecular weight excluding hydrogens is 286 g/mol. The number of ether oxygens (including phenoxy) is 1. The Kier molecular flexibility index (Phi) is 3.57. The first-order chi connectivity index (χ1) is 10.7. The van der Waals surface area contributed by atoms with Crippen molar-refractivity contribution in [2.24, 2.45) is 0 Å². The number of nitrogens with one attached hydrogen (secondary N) is 1. The summed E-state index contributed by atoms with van der Waals surface area (Å²) in [6.07, 6.45) is 3.08. The molecule has 112 valence electrons. The van der Waals surface area contributed by atoms with E-state index in [0.29, 0.717) is 11.4 Å². The largest absolute Gasteiger partial charge is 0.495 e. The Morgan fingerprint density at radius 1 is 1.32 bits per heavy atom. The second kappa shape index (κ2) is 5.68. The van der Waals surface area contributed by atoms with Gasteiger partial charge in [0.2, 0.25) is 5.91 Å². The van der Waals surface area contributed by atoms with Crippen LogP contribution >= 0.6 is 0 Å². The second-order valence-corrected chi connectivity index (χ2v) is 4.48. The van der Waals surface area contributed by atoms with Crippen LogP contribution in [0.25, 0.3) is 5.78 Å². The minimum atomic E-state index is -0.418. The summed E-state index contributed by atoms with van der Waals surface area (Å²) in [6.45, 7) is -0.208. The number of para-hydroxylation sites is 2. The standard InChI is InChI=1S/C14H13N5O3/c1-22-11-6-3-2-5-10(11)16-12(20)9-19-14(21)18-8-4-7-15-13(18)17-19/h2-8H,9H2,1H3,(H,16,20). The molecule has 0 unspecified atom stereocenters. The van der Waals surface area contributed by atoms with E-state index in [0.717, 1.165) is 4.68 Å². The summed E-state index contributed by atoms with van der Waals surface area (Å²) in [6, 6.07) is 8.64. The van der Waals surface area contributed by atoms with Crippen molar-refractivity contribution >= 4 is 17.4 Å². The Labute approximate surface area is 125 Å². The zero-order chi connectivity index (χ0) is 15.5. The molecule has 1 amide bonds. The molecule has 0 aliphatic heterocycles. The molecule has 3 aromatic rings. The van der Waals surface area contributed by atoms with Gasteiger partial charge in [-0.1, -0.05) is 12.1 Å². The fourth-order valence-corrected chi connectivity index (χ4v) is 2.04. The van der Waals surface area contributed by atoms with Gasteiger partial charge in [0.15, 0.2) is 0 Å². The van der Waals surface area contributed by atoms with Crippen LogP contribution < -0.4 is 15.7 Å². The van der Waals surface area contributed by atoms with Crippen LogP contribution in [0.15, 0.2) is 47.5 Å². The van der Waals surface area contributed by atoms with Crippen molar-refractivity contribution in [3.8, 4) is 5.75 Å². The highest BCUT2D eigenvalue weighted by molar-refractivity contribution is 5.92. The van der Waals surface area contributed by atoms with Crippen molar-refractivity contribution in [1.29, 1.82) is 0 Å². The van der Waals surface area contributed by atoms with Crippen molar-refractivity contribution in [1.82, 2.24) is 19.2 Å². The molecule has 0 fully saturated rings. The van der Waals surface area contributed by atoms with Gasteiger partial charge in [-0.3, -0.25) is 4.79 Å². The lowest BCUT2D eigenvalue weighted by molar-refractivity contribution is -0.117. The lowest BCUT2D eigenvalue weighted by Gasteiger charge is -2.09. The smallest absolute Gasteiger partial charge is 0.352 e. The maximum absolute atomic E-state index is 12.1. The van der Waals surface area contributed by atoms with Crippen LogP contribution in [0.4, 0.5) is 5.69 Å². The highest BCUT2D eigenvalue weighted by atomic mass is 16.5. The Bertz CT molecular complexity index is 883. The van der Waals surface area contributed by atoms with E-state index in [4.69, 9.17) is 4.74 Å². The van der Waals surface area contributed by atoms with E-state index < -0.39 is 5.69 Å². The molecule has 1 N–H and O–H groups in total. The van der Waals surface area contributed by atoms with Crippen molar-refractivity contribution in [3.63, 3.8) is 0 Å². The first-order valence-electron chi connectivity index (χ1n) is 6.52. The van der Waals surface area contributed by atoms with Gasteiger partial charge in [0.1, 0.15) is 12.3 Å². The number of carbonyl (C=O) groups excluding carboxylic acids is 1. The van der Waals surface area contributed by atoms with E-state index in [1.807, 2.05) is 0 Å². The highest BCUT2D eigenvalue weighted by Crippen LogP contribution is 2.22. The van der Waals surface area contributed by atoms with Crippen LogP contribution in [0.3, 0.4) is 0 Å². The number of nitrogens with zero attached hydrogens (tertiary/aromatic N) is 4. The zero-order valence-corrected chi connectivity index (χ0v) is 11.8. The van der Waals surface area contributed by atoms with Crippen LogP contribution in [0.5, 0.6) is 5.75 Å². The van der Waals surface area contributed by atoms with Crippen molar-refractivity contribution in [2.45, 2.75) is 6.54 Å². The predicted octanol–water partition coefficient (Wildman–Crippen LogP) is 0.538. The van der Waals surface area contributed by atoms with Gasteiger partial charge in [0.05, 0.1) is 12.8 Å². The van der Waals surface area contributed by atoms with E-state index in [-0.39, 0.29) is 18.2 Å². The number of hydrogen-bond donors (Lipinski definition) is 1. The molecule has 0 bridgehead atoms. The van der Waals surface area contributed by atoms with E-state index in [9.17, 15) is 9.59 Å². The van der Waals surface area contributed by atoms with Crippen molar-refractivity contribution < 1.29 is 9.53 Å². The normalized spacial score (nSPS) is 10.6. The zero-order valence-electron chi connectivity index (χ0n) is 11.8. The topological polar surface area (TPSA) is 90.5 Å². The summed E-state index contributed by atoms with van der Waals surface area (Å²) in [5.41, 5.74) is 0.114. The van der Waals surface area contributed by atoms with Gasteiger partial charge in [-0.25, -0.2) is 18.9 Å². The molecular formula is C14H13N5O3. The molecule has 8 nitrogen and oxygen atoms in total. The Morgan fingerprint density at radius 2 is 2.14 bits per heavy atom. The maximum Gasteiger partial charge on any atom is 0.352 e. The third-order valence-corrected chi connectivity index (χ3v) is 3.04. The van der Waals surface area contributed by atoms with E-state index in [1.54, 1.807) is 36.5 Å². The number of anilines is 1. The molecule has 2 heterocycles. The molecule has 0 atom stereocenters. The third-order valence-electron chi connectivity index (χ3n) is 3.04.